The number of carbonyl (C=O) groups is 1. The molecule has 0 heterocycles. The molecule has 0 aliphatic heterocycles. The van der Waals surface area contributed by atoms with Gasteiger partial charge >= 0.3 is 0 Å². The number of halogens is 1. The fourth-order valence-corrected chi connectivity index (χ4v) is 1.56. The number of benzene rings is 1. The van der Waals surface area contributed by atoms with Crippen molar-refractivity contribution >= 4 is 22.2 Å². The van der Waals surface area contributed by atoms with Crippen LogP contribution in [0.1, 0.15) is 18.4 Å². The molecule has 0 spiro atoms. The van der Waals surface area contributed by atoms with Crippen molar-refractivity contribution in [2.24, 2.45) is 0 Å². The van der Waals surface area contributed by atoms with Crippen LogP contribution >= 0.6 is 15.9 Å². The molecule has 0 amide bonds. The Kier molecular flexibility index (Phi) is 2.87. The van der Waals surface area contributed by atoms with Gasteiger partial charge in [0.1, 0.15) is 12.0 Å². The summed E-state index contributed by atoms with van der Waals surface area (Å²) in [5.74, 6) is -0.00613. The number of hydrogen-bond donors (Lipinski definition) is 1. The third-order valence-corrected chi connectivity index (χ3v) is 2.40. The number of hydrogen-bond acceptors (Lipinski definition) is 2. The summed E-state index contributed by atoms with van der Waals surface area (Å²) in [6, 6.07) is 4.89. The molecule has 0 aliphatic carbocycles. The van der Waals surface area contributed by atoms with Crippen LogP contribution in [0.3, 0.4) is 0 Å². The maximum Gasteiger partial charge on any atom is 0.127 e. The Hall–Kier alpha value is -0.830. The highest BCUT2D eigenvalue weighted by molar-refractivity contribution is 9.10. The van der Waals surface area contributed by atoms with Crippen LogP contribution in [0.15, 0.2) is 22.7 Å². The molecule has 0 fully saturated rings. The summed E-state index contributed by atoms with van der Waals surface area (Å²) in [4.78, 5) is 10.5. The van der Waals surface area contributed by atoms with Crippen molar-refractivity contribution in [2.45, 2.75) is 12.8 Å². The second kappa shape index (κ2) is 3.72. The van der Waals surface area contributed by atoms with Gasteiger partial charge in [0.15, 0.2) is 0 Å². The molecule has 0 saturated heterocycles. The van der Waals surface area contributed by atoms with E-state index in [1.54, 1.807) is 25.1 Å². The standard InChI is InChI=1S/C9H9BrO2/c1-6(5-11)8-4-7(12)2-3-9(8)10/h2-6,12H,1H3. The topological polar surface area (TPSA) is 37.3 Å². The molecular formula is C9H9BrO2. The van der Waals surface area contributed by atoms with E-state index in [9.17, 15) is 4.79 Å². The van der Waals surface area contributed by atoms with E-state index < -0.39 is 0 Å². The molecule has 1 aromatic carbocycles. The van der Waals surface area contributed by atoms with Gasteiger partial charge in [0.25, 0.3) is 0 Å². The Labute approximate surface area is 79.3 Å². The second-order valence-corrected chi connectivity index (χ2v) is 3.48. The average molecular weight is 229 g/mol. The molecule has 1 rings (SSSR count). The SMILES string of the molecule is CC(C=O)c1cc(O)ccc1Br. The minimum Gasteiger partial charge on any atom is -0.508 e. The zero-order valence-corrected chi connectivity index (χ0v) is 8.21. The molecule has 12 heavy (non-hydrogen) atoms. The van der Waals surface area contributed by atoms with Gasteiger partial charge in [-0.2, -0.15) is 0 Å². The Bertz CT molecular complexity index is 297. The highest BCUT2D eigenvalue weighted by atomic mass is 79.9. The van der Waals surface area contributed by atoms with Crippen LogP contribution < -0.4 is 0 Å². The molecule has 1 unspecified atom stereocenters. The van der Waals surface area contributed by atoms with Gasteiger partial charge in [-0.15, -0.1) is 0 Å². The molecule has 2 nitrogen and oxygen atoms in total. The van der Waals surface area contributed by atoms with Gasteiger partial charge in [-0.25, -0.2) is 0 Å². The van der Waals surface area contributed by atoms with E-state index in [0.29, 0.717) is 0 Å². The number of rotatable bonds is 2. The fourth-order valence-electron chi connectivity index (χ4n) is 0.953. The first-order chi connectivity index (χ1) is 5.65. The maximum atomic E-state index is 10.5. The molecule has 0 aliphatic rings. The summed E-state index contributed by atoms with van der Waals surface area (Å²) in [6.45, 7) is 1.78. The predicted octanol–water partition coefficient (Wildman–Crippen LogP) is 2.46. The van der Waals surface area contributed by atoms with Crippen LogP contribution in [-0.4, -0.2) is 11.4 Å². The van der Waals surface area contributed by atoms with E-state index in [1.807, 2.05) is 0 Å². The van der Waals surface area contributed by atoms with Crippen molar-refractivity contribution in [1.82, 2.24) is 0 Å². The van der Waals surface area contributed by atoms with Gasteiger partial charge < -0.3 is 9.90 Å². The van der Waals surface area contributed by atoms with Crippen molar-refractivity contribution in [3.63, 3.8) is 0 Å². The monoisotopic (exact) mass is 228 g/mol. The van der Waals surface area contributed by atoms with Crippen LogP contribution in [-0.2, 0) is 4.79 Å². The highest BCUT2D eigenvalue weighted by Crippen LogP contribution is 2.27. The first-order valence-corrected chi connectivity index (χ1v) is 4.38. The van der Waals surface area contributed by atoms with E-state index in [4.69, 9.17) is 5.11 Å². The van der Waals surface area contributed by atoms with Gasteiger partial charge in [-0.3, -0.25) is 0 Å². The van der Waals surface area contributed by atoms with Crippen LogP contribution in [0.5, 0.6) is 5.75 Å². The summed E-state index contributed by atoms with van der Waals surface area (Å²) in [5, 5.41) is 9.15. The summed E-state index contributed by atoms with van der Waals surface area (Å²) in [7, 11) is 0. The minimum atomic E-state index is -0.188. The Morgan fingerprint density at radius 3 is 2.83 bits per heavy atom. The smallest absolute Gasteiger partial charge is 0.127 e. The maximum absolute atomic E-state index is 10.5. The van der Waals surface area contributed by atoms with E-state index in [0.717, 1.165) is 16.3 Å². The summed E-state index contributed by atoms with van der Waals surface area (Å²) in [5.41, 5.74) is 0.810. The van der Waals surface area contributed by atoms with Crippen molar-refractivity contribution in [2.75, 3.05) is 0 Å². The summed E-state index contributed by atoms with van der Waals surface area (Å²) >= 11 is 3.30. The molecular weight excluding hydrogens is 220 g/mol. The van der Waals surface area contributed by atoms with Crippen molar-refractivity contribution in [3.8, 4) is 5.75 Å². The molecule has 0 saturated carbocycles. The van der Waals surface area contributed by atoms with Crippen molar-refractivity contribution in [3.05, 3.63) is 28.2 Å². The molecule has 0 bridgehead atoms. The Balaban J connectivity index is 3.12. The Morgan fingerprint density at radius 1 is 1.58 bits per heavy atom. The zero-order valence-electron chi connectivity index (χ0n) is 6.62. The lowest BCUT2D eigenvalue weighted by atomic mass is 10.0. The minimum absolute atomic E-state index is 0.182. The normalized spacial score (nSPS) is 12.5. The van der Waals surface area contributed by atoms with E-state index in [2.05, 4.69) is 15.9 Å². The van der Waals surface area contributed by atoms with E-state index in [1.165, 1.54) is 0 Å². The fraction of sp³-hybridized carbons (Fsp3) is 0.222. The lowest BCUT2D eigenvalue weighted by Gasteiger charge is -2.06. The quantitative estimate of drug-likeness (QED) is 0.791. The average Bonchev–Trinajstić information content (AvgIpc) is 2.08. The molecule has 1 N–H and O–H groups in total. The molecule has 3 heteroatoms. The first-order valence-electron chi connectivity index (χ1n) is 3.59. The van der Waals surface area contributed by atoms with E-state index in [-0.39, 0.29) is 11.7 Å². The largest absolute Gasteiger partial charge is 0.508 e. The van der Waals surface area contributed by atoms with E-state index >= 15 is 0 Å². The lowest BCUT2D eigenvalue weighted by Crippen LogP contribution is -1.94. The molecule has 0 radical (unpaired) electrons. The van der Waals surface area contributed by atoms with Gasteiger partial charge in [0, 0.05) is 10.4 Å². The molecule has 64 valence electrons. The molecule has 1 aromatic rings. The van der Waals surface area contributed by atoms with Gasteiger partial charge in [0.05, 0.1) is 0 Å². The number of phenols is 1. The zero-order chi connectivity index (χ0) is 9.14. The highest BCUT2D eigenvalue weighted by Gasteiger charge is 2.08. The van der Waals surface area contributed by atoms with Crippen LogP contribution in [0.4, 0.5) is 0 Å². The van der Waals surface area contributed by atoms with Crippen molar-refractivity contribution < 1.29 is 9.90 Å². The van der Waals surface area contributed by atoms with Crippen LogP contribution in [0, 0.1) is 0 Å². The third-order valence-electron chi connectivity index (χ3n) is 1.67. The van der Waals surface area contributed by atoms with Crippen LogP contribution in [0.25, 0.3) is 0 Å². The van der Waals surface area contributed by atoms with Gasteiger partial charge in [-0.05, 0) is 23.8 Å². The third kappa shape index (κ3) is 1.85. The first kappa shape index (κ1) is 9.26. The lowest BCUT2D eigenvalue weighted by molar-refractivity contribution is -0.108. The molecule has 1 atom stereocenters. The number of carbonyl (C=O) groups excluding carboxylic acids is 1. The van der Waals surface area contributed by atoms with Gasteiger partial charge in [-0.1, -0.05) is 22.9 Å². The number of aldehydes is 1. The van der Waals surface area contributed by atoms with Gasteiger partial charge in [0.2, 0.25) is 0 Å². The second-order valence-electron chi connectivity index (χ2n) is 2.63. The number of aromatic hydroxyl groups is 1. The van der Waals surface area contributed by atoms with Crippen molar-refractivity contribution in [1.29, 1.82) is 0 Å². The summed E-state index contributed by atoms with van der Waals surface area (Å²) in [6.07, 6.45) is 0.847. The van der Waals surface area contributed by atoms with Crippen LogP contribution in [0.2, 0.25) is 0 Å². The summed E-state index contributed by atoms with van der Waals surface area (Å²) < 4.78 is 0.847. The predicted molar refractivity (Wildman–Crippen MR) is 50.3 cm³/mol. The number of phenolic OH excluding ortho intramolecular Hbond substituents is 1. The molecule has 0 aromatic heterocycles. The Morgan fingerprint density at radius 2 is 2.25 bits per heavy atom.